The van der Waals surface area contributed by atoms with Crippen LogP contribution in [-0.2, 0) is 10.1 Å². The maximum Gasteiger partial charge on any atom is 0.217 e. The third-order valence-corrected chi connectivity index (χ3v) is 6.92. The van der Waals surface area contributed by atoms with Crippen molar-refractivity contribution >= 4 is 7.28 Å². The summed E-state index contributed by atoms with van der Waals surface area (Å²) in [6, 6.07) is 23.6. The summed E-state index contributed by atoms with van der Waals surface area (Å²) in [6.45, 7) is -0.547. The molecule has 0 unspecified atom stereocenters. The number of halogens is 1. The maximum absolute atomic E-state index is 16.1. The maximum atomic E-state index is 16.1. The van der Waals surface area contributed by atoms with Gasteiger partial charge in [0.25, 0.3) is 0 Å². The number of methoxy groups -OCH3 is 2. The molecule has 3 aromatic carbocycles. The number of aliphatic hydroxyl groups is 2. The van der Waals surface area contributed by atoms with E-state index in [1.165, 1.54) is 0 Å². The van der Waals surface area contributed by atoms with Crippen molar-refractivity contribution in [2.24, 2.45) is 0 Å². The average Bonchev–Trinajstić information content (AvgIpc) is 3.17. The second kappa shape index (κ2) is 10.1. The lowest BCUT2D eigenvalue weighted by Gasteiger charge is -2.39. The van der Waals surface area contributed by atoms with E-state index in [1.54, 1.807) is 14.2 Å². The Kier molecular flexibility index (Phi) is 7.18. The summed E-state index contributed by atoms with van der Waals surface area (Å²) in [4.78, 5) is 0. The fourth-order valence-electron chi connectivity index (χ4n) is 4.97. The van der Waals surface area contributed by atoms with E-state index in [0.29, 0.717) is 11.5 Å². The van der Waals surface area contributed by atoms with Crippen LogP contribution in [0, 0.1) is 12.3 Å². The molecule has 1 heterocycles. The Hall–Kier alpha value is -3.31. The zero-order valence-corrected chi connectivity index (χ0v) is 19.7. The van der Waals surface area contributed by atoms with Crippen molar-refractivity contribution < 1.29 is 28.8 Å². The summed E-state index contributed by atoms with van der Waals surface area (Å²) < 4.78 is 32.7. The Morgan fingerprint density at radius 2 is 1.43 bits per heavy atom. The first kappa shape index (κ1) is 24.8. The Labute approximate surface area is 205 Å². The molecular weight excluding hydrogens is 446 g/mol. The summed E-state index contributed by atoms with van der Waals surface area (Å²) in [6.07, 6.45) is 2.82. The molecular formula is C28H28BFO5. The third-order valence-electron chi connectivity index (χ3n) is 6.92. The first-order chi connectivity index (χ1) is 16.9. The lowest BCUT2D eigenvalue weighted by atomic mass is 9.40. The van der Waals surface area contributed by atoms with E-state index in [2.05, 4.69) is 5.92 Å². The second-order valence-corrected chi connectivity index (χ2v) is 8.64. The van der Waals surface area contributed by atoms with Crippen molar-refractivity contribution in [3.8, 4) is 23.8 Å². The lowest BCUT2D eigenvalue weighted by molar-refractivity contribution is -0.00852. The number of alkyl halides is 1. The van der Waals surface area contributed by atoms with E-state index in [9.17, 15) is 10.2 Å². The number of hydrogen-bond donors (Lipinski definition) is 2. The average molecular weight is 474 g/mol. The minimum atomic E-state index is -2.48. The first-order valence-electron chi connectivity index (χ1n) is 11.4. The van der Waals surface area contributed by atoms with Crippen LogP contribution in [0.5, 0.6) is 11.5 Å². The zero-order chi connectivity index (χ0) is 25.1. The van der Waals surface area contributed by atoms with Crippen molar-refractivity contribution in [1.82, 2.24) is 0 Å². The van der Waals surface area contributed by atoms with Crippen molar-refractivity contribution in [3.05, 3.63) is 95.6 Å². The molecule has 0 amide bonds. The van der Waals surface area contributed by atoms with E-state index < -0.39 is 35.8 Å². The molecule has 0 aromatic heterocycles. The van der Waals surface area contributed by atoms with E-state index in [1.807, 2.05) is 78.9 Å². The quantitative estimate of drug-likeness (QED) is 0.299. The van der Waals surface area contributed by atoms with E-state index in [4.69, 9.17) is 20.6 Å². The molecule has 180 valence electrons. The van der Waals surface area contributed by atoms with Gasteiger partial charge in [-0.05, 0) is 41.0 Å². The van der Waals surface area contributed by atoms with Crippen LogP contribution in [-0.4, -0.2) is 62.2 Å². The predicted molar refractivity (Wildman–Crippen MR) is 134 cm³/mol. The van der Waals surface area contributed by atoms with Crippen LogP contribution in [0.1, 0.15) is 16.7 Å². The van der Waals surface area contributed by atoms with Crippen molar-refractivity contribution in [3.63, 3.8) is 0 Å². The highest BCUT2D eigenvalue weighted by atomic mass is 19.1. The van der Waals surface area contributed by atoms with Crippen LogP contribution < -0.4 is 9.47 Å². The monoisotopic (exact) mass is 474 g/mol. The smallest absolute Gasteiger partial charge is 0.217 e. The number of aliphatic hydroxyl groups excluding tert-OH is 2. The molecule has 1 saturated heterocycles. The Bertz CT molecular complexity index is 1120. The van der Waals surface area contributed by atoms with Crippen LogP contribution in [0.3, 0.4) is 0 Å². The van der Waals surface area contributed by atoms with Gasteiger partial charge in [-0.15, -0.1) is 6.42 Å². The predicted octanol–water partition coefficient (Wildman–Crippen LogP) is 2.85. The fraction of sp³-hybridized carbons (Fsp3) is 0.286. The molecule has 4 atom stereocenters. The van der Waals surface area contributed by atoms with Gasteiger partial charge in [-0.3, -0.25) is 0 Å². The van der Waals surface area contributed by atoms with Gasteiger partial charge in [-0.1, -0.05) is 60.5 Å². The highest BCUT2D eigenvalue weighted by Gasteiger charge is 2.59. The summed E-state index contributed by atoms with van der Waals surface area (Å²) in [5, 5.41) is 19.4. The standard InChI is InChI=1S/C28H28BFO5/c1-4-27(30)25(32)24(18-31)35-26(27)29-28(19-8-6-5-7-9-19,20-10-14-22(33-2)15-11-20)21-12-16-23(34-3)17-13-21/h1,5-17,24-26,29,31-32H,18H2,2-3H3/t24-,25-,26-,27-/m1/s1. The number of benzene rings is 3. The van der Waals surface area contributed by atoms with Gasteiger partial charge in [0.1, 0.15) is 23.7 Å². The molecule has 0 radical (unpaired) electrons. The third kappa shape index (κ3) is 4.30. The topological polar surface area (TPSA) is 68.2 Å². The molecule has 1 fully saturated rings. The van der Waals surface area contributed by atoms with Crippen LogP contribution in [0.4, 0.5) is 4.39 Å². The van der Waals surface area contributed by atoms with Gasteiger partial charge in [0.2, 0.25) is 5.67 Å². The number of terminal acetylenes is 1. The molecule has 2 N–H and O–H groups in total. The first-order valence-corrected chi connectivity index (χ1v) is 11.4. The minimum Gasteiger partial charge on any atom is -0.497 e. The summed E-state index contributed by atoms with van der Waals surface area (Å²) in [5.74, 6) is 3.49. The SMILES string of the molecule is C#C[C@]1(F)[C@H](BC(c2ccccc2)(c2ccc(OC)cc2)c2ccc(OC)cc2)O[C@H](CO)[C@H]1O. The molecule has 0 saturated carbocycles. The second-order valence-electron chi connectivity index (χ2n) is 8.64. The van der Waals surface area contributed by atoms with Gasteiger partial charge in [-0.2, -0.15) is 0 Å². The molecule has 35 heavy (non-hydrogen) atoms. The summed E-state index contributed by atoms with van der Waals surface area (Å²) in [7, 11) is 3.26. The van der Waals surface area contributed by atoms with Gasteiger partial charge >= 0.3 is 0 Å². The van der Waals surface area contributed by atoms with Gasteiger partial charge in [0, 0.05) is 5.31 Å². The highest BCUT2D eigenvalue weighted by molar-refractivity contribution is 6.45. The van der Waals surface area contributed by atoms with E-state index >= 15 is 4.39 Å². The largest absolute Gasteiger partial charge is 0.497 e. The van der Waals surface area contributed by atoms with Crippen LogP contribution in [0.2, 0.25) is 0 Å². The Morgan fingerprint density at radius 1 is 0.943 bits per heavy atom. The fourth-order valence-corrected chi connectivity index (χ4v) is 4.97. The molecule has 3 aromatic rings. The van der Waals surface area contributed by atoms with Crippen molar-refractivity contribution in [2.45, 2.75) is 29.2 Å². The molecule has 0 bridgehead atoms. The van der Waals surface area contributed by atoms with Crippen molar-refractivity contribution in [1.29, 1.82) is 0 Å². The van der Waals surface area contributed by atoms with Gasteiger partial charge in [0.05, 0.1) is 26.8 Å². The lowest BCUT2D eigenvalue weighted by Crippen LogP contribution is -2.52. The van der Waals surface area contributed by atoms with Gasteiger partial charge < -0.3 is 24.4 Å². The number of hydrogen-bond acceptors (Lipinski definition) is 5. The van der Waals surface area contributed by atoms with Gasteiger partial charge in [-0.25, -0.2) is 4.39 Å². The zero-order valence-electron chi connectivity index (χ0n) is 19.7. The molecule has 7 heteroatoms. The normalized spacial score (nSPS) is 23.9. The van der Waals surface area contributed by atoms with E-state index in [-0.39, 0.29) is 7.28 Å². The summed E-state index contributed by atoms with van der Waals surface area (Å²) in [5.41, 5.74) is 0.131. The number of ether oxygens (including phenoxy) is 3. The van der Waals surface area contributed by atoms with Gasteiger partial charge in [0.15, 0.2) is 7.28 Å². The Balaban J connectivity index is 1.96. The van der Waals surface area contributed by atoms with Crippen LogP contribution in [0.25, 0.3) is 0 Å². The Morgan fingerprint density at radius 3 is 1.86 bits per heavy atom. The molecule has 1 aliphatic rings. The number of rotatable bonds is 8. The highest BCUT2D eigenvalue weighted by Crippen LogP contribution is 2.44. The molecule has 1 aliphatic heterocycles. The summed E-state index contributed by atoms with van der Waals surface area (Å²) >= 11 is 0. The molecule has 0 spiro atoms. The molecule has 0 aliphatic carbocycles. The van der Waals surface area contributed by atoms with Crippen LogP contribution >= 0.6 is 0 Å². The van der Waals surface area contributed by atoms with Crippen molar-refractivity contribution in [2.75, 3.05) is 20.8 Å². The molecule has 5 nitrogen and oxygen atoms in total. The van der Waals surface area contributed by atoms with E-state index in [0.717, 1.165) is 16.7 Å². The molecule has 4 rings (SSSR count). The van der Waals surface area contributed by atoms with Crippen LogP contribution in [0.15, 0.2) is 78.9 Å². The minimum absolute atomic E-state index is 0.0733.